The molecule has 0 aromatic heterocycles. The van der Waals surface area contributed by atoms with Gasteiger partial charge in [-0.3, -0.25) is 9.59 Å². The van der Waals surface area contributed by atoms with Crippen molar-refractivity contribution < 1.29 is 23.8 Å². The van der Waals surface area contributed by atoms with E-state index in [9.17, 15) is 14.0 Å². The first-order chi connectivity index (χ1) is 9.40. The van der Waals surface area contributed by atoms with Crippen molar-refractivity contribution in [3.63, 3.8) is 0 Å². The highest BCUT2D eigenvalue weighted by Crippen LogP contribution is 2.11. The van der Waals surface area contributed by atoms with Crippen molar-refractivity contribution >= 4 is 11.9 Å². The number of carbonyl (C=O) groups excluding carboxylic acids is 1. The Hall–Kier alpha value is -2.11. The van der Waals surface area contributed by atoms with Crippen LogP contribution in [-0.4, -0.2) is 41.1 Å². The zero-order chi connectivity index (χ0) is 15.1. The number of hydrogen-bond acceptors (Lipinski definition) is 3. The fraction of sp³-hybridized carbons (Fsp3) is 0.429. The van der Waals surface area contributed by atoms with Crippen LogP contribution in [0.5, 0.6) is 5.75 Å². The molecule has 0 aliphatic heterocycles. The molecule has 20 heavy (non-hydrogen) atoms. The van der Waals surface area contributed by atoms with Gasteiger partial charge in [-0.05, 0) is 38.1 Å². The Bertz CT molecular complexity index is 459. The normalized spacial score (nSPS) is 10.4. The van der Waals surface area contributed by atoms with E-state index in [-0.39, 0.29) is 37.3 Å². The molecule has 5 nitrogen and oxygen atoms in total. The van der Waals surface area contributed by atoms with Crippen molar-refractivity contribution in [3.05, 3.63) is 30.1 Å². The van der Waals surface area contributed by atoms with E-state index in [1.54, 1.807) is 13.8 Å². The van der Waals surface area contributed by atoms with Crippen molar-refractivity contribution in [2.75, 3.05) is 13.2 Å². The average Bonchev–Trinajstić information content (AvgIpc) is 2.37. The lowest BCUT2D eigenvalue weighted by atomic mass is 10.2. The van der Waals surface area contributed by atoms with Gasteiger partial charge in [-0.1, -0.05) is 0 Å². The maximum Gasteiger partial charge on any atom is 0.305 e. The Morgan fingerprint density at radius 1 is 1.30 bits per heavy atom. The van der Waals surface area contributed by atoms with E-state index in [1.807, 2.05) is 0 Å². The zero-order valence-corrected chi connectivity index (χ0v) is 11.5. The third-order valence-electron chi connectivity index (χ3n) is 2.69. The van der Waals surface area contributed by atoms with Gasteiger partial charge in [-0.15, -0.1) is 0 Å². The maximum absolute atomic E-state index is 12.7. The smallest absolute Gasteiger partial charge is 0.305 e. The van der Waals surface area contributed by atoms with E-state index in [0.717, 1.165) is 0 Å². The van der Waals surface area contributed by atoms with Crippen molar-refractivity contribution in [1.29, 1.82) is 0 Å². The number of ether oxygens (including phenoxy) is 1. The van der Waals surface area contributed by atoms with Crippen LogP contribution in [0.25, 0.3) is 0 Å². The Morgan fingerprint density at radius 3 is 2.40 bits per heavy atom. The largest absolute Gasteiger partial charge is 0.484 e. The van der Waals surface area contributed by atoms with Gasteiger partial charge in [0.1, 0.15) is 11.6 Å². The molecule has 1 amide bonds. The van der Waals surface area contributed by atoms with Gasteiger partial charge in [0.25, 0.3) is 5.91 Å². The van der Waals surface area contributed by atoms with Gasteiger partial charge in [0, 0.05) is 12.6 Å². The Balaban J connectivity index is 2.53. The summed E-state index contributed by atoms with van der Waals surface area (Å²) in [6.07, 6.45) is -0.111. The highest BCUT2D eigenvalue weighted by Gasteiger charge is 2.18. The highest BCUT2D eigenvalue weighted by molar-refractivity contribution is 5.78. The molecule has 0 spiro atoms. The zero-order valence-electron chi connectivity index (χ0n) is 11.5. The first-order valence-corrected chi connectivity index (χ1v) is 6.29. The fourth-order valence-corrected chi connectivity index (χ4v) is 1.65. The number of halogens is 1. The van der Waals surface area contributed by atoms with Crippen LogP contribution in [0.3, 0.4) is 0 Å². The van der Waals surface area contributed by atoms with Crippen LogP contribution in [0.15, 0.2) is 24.3 Å². The number of carboxylic acid groups (broad SMARTS) is 1. The first kappa shape index (κ1) is 15.9. The average molecular weight is 283 g/mol. The predicted molar refractivity (Wildman–Crippen MR) is 71.0 cm³/mol. The summed E-state index contributed by atoms with van der Waals surface area (Å²) in [6, 6.07) is 5.23. The molecule has 0 bridgehead atoms. The summed E-state index contributed by atoms with van der Waals surface area (Å²) in [4.78, 5) is 24.0. The summed E-state index contributed by atoms with van der Waals surface area (Å²) in [6.45, 7) is 3.54. The van der Waals surface area contributed by atoms with Crippen LogP contribution >= 0.6 is 0 Å². The topological polar surface area (TPSA) is 66.8 Å². The monoisotopic (exact) mass is 283 g/mol. The third-order valence-corrected chi connectivity index (χ3v) is 2.69. The molecule has 0 saturated carbocycles. The summed E-state index contributed by atoms with van der Waals surface area (Å²) in [5, 5.41) is 8.66. The molecule has 1 aromatic carbocycles. The Morgan fingerprint density at radius 2 is 1.90 bits per heavy atom. The van der Waals surface area contributed by atoms with Gasteiger partial charge in [-0.2, -0.15) is 0 Å². The molecule has 0 heterocycles. The quantitative estimate of drug-likeness (QED) is 0.830. The molecule has 0 saturated heterocycles. The van der Waals surface area contributed by atoms with Crippen LogP contribution in [0.1, 0.15) is 20.3 Å². The molecule has 0 atom stereocenters. The number of benzene rings is 1. The minimum Gasteiger partial charge on any atom is -0.484 e. The van der Waals surface area contributed by atoms with Gasteiger partial charge in [0.15, 0.2) is 6.61 Å². The van der Waals surface area contributed by atoms with E-state index < -0.39 is 5.97 Å². The number of aliphatic carboxylic acids is 1. The molecule has 110 valence electrons. The molecule has 0 fully saturated rings. The highest BCUT2D eigenvalue weighted by atomic mass is 19.1. The number of carboxylic acids is 1. The van der Waals surface area contributed by atoms with E-state index in [0.29, 0.717) is 5.75 Å². The minimum atomic E-state index is -0.956. The molecule has 0 unspecified atom stereocenters. The molecule has 6 heteroatoms. The van der Waals surface area contributed by atoms with Gasteiger partial charge >= 0.3 is 5.97 Å². The number of amides is 1. The van der Waals surface area contributed by atoms with Crippen LogP contribution in [-0.2, 0) is 9.59 Å². The fourth-order valence-electron chi connectivity index (χ4n) is 1.65. The van der Waals surface area contributed by atoms with E-state index in [2.05, 4.69) is 0 Å². The van der Waals surface area contributed by atoms with Crippen molar-refractivity contribution in [2.24, 2.45) is 0 Å². The molecule has 0 aliphatic rings. The second-order valence-corrected chi connectivity index (χ2v) is 4.57. The molecule has 0 aliphatic carbocycles. The van der Waals surface area contributed by atoms with Crippen molar-refractivity contribution in [3.8, 4) is 5.75 Å². The van der Waals surface area contributed by atoms with E-state index >= 15 is 0 Å². The van der Waals surface area contributed by atoms with Gasteiger partial charge in [0.2, 0.25) is 0 Å². The van der Waals surface area contributed by atoms with Crippen LogP contribution < -0.4 is 4.74 Å². The van der Waals surface area contributed by atoms with Crippen molar-refractivity contribution in [2.45, 2.75) is 26.3 Å². The van der Waals surface area contributed by atoms with Gasteiger partial charge < -0.3 is 14.7 Å². The SMILES string of the molecule is CC(C)N(CCC(=O)O)C(=O)COc1ccc(F)cc1. The number of rotatable bonds is 7. The van der Waals surface area contributed by atoms with Crippen LogP contribution in [0.2, 0.25) is 0 Å². The van der Waals surface area contributed by atoms with Gasteiger partial charge in [-0.25, -0.2) is 4.39 Å². The van der Waals surface area contributed by atoms with E-state index in [4.69, 9.17) is 9.84 Å². The lowest BCUT2D eigenvalue weighted by molar-refractivity contribution is -0.139. The summed E-state index contributed by atoms with van der Waals surface area (Å²) in [7, 11) is 0. The molecule has 1 rings (SSSR count). The second-order valence-electron chi connectivity index (χ2n) is 4.57. The maximum atomic E-state index is 12.7. The third kappa shape index (κ3) is 5.26. The van der Waals surface area contributed by atoms with Gasteiger partial charge in [0.05, 0.1) is 6.42 Å². The van der Waals surface area contributed by atoms with Crippen LogP contribution in [0.4, 0.5) is 4.39 Å². The second kappa shape index (κ2) is 7.47. The summed E-state index contributed by atoms with van der Waals surface area (Å²) >= 11 is 0. The Kier molecular flexibility index (Phi) is 5.96. The summed E-state index contributed by atoms with van der Waals surface area (Å²) in [5.41, 5.74) is 0. The molecule has 1 aromatic rings. The molecule has 1 N–H and O–H groups in total. The number of nitrogens with zero attached hydrogens (tertiary/aromatic N) is 1. The number of hydrogen-bond donors (Lipinski definition) is 1. The van der Waals surface area contributed by atoms with E-state index in [1.165, 1.54) is 29.2 Å². The first-order valence-electron chi connectivity index (χ1n) is 6.29. The Labute approximate surface area is 117 Å². The van der Waals surface area contributed by atoms with Crippen LogP contribution in [0, 0.1) is 5.82 Å². The predicted octanol–water partition coefficient (Wildman–Crippen LogP) is 1.92. The minimum absolute atomic E-state index is 0.111. The lowest BCUT2D eigenvalue weighted by Gasteiger charge is -2.26. The summed E-state index contributed by atoms with van der Waals surface area (Å²) in [5.74, 6) is -1.25. The molecule has 0 radical (unpaired) electrons. The molecular formula is C14H18FNO4. The summed E-state index contributed by atoms with van der Waals surface area (Å²) < 4.78 is 18.0. The van der Waals surface area contributed by atoms with Crippen molar-refractivity contribution in [1.82, 2.24) is 4.90 Å². The standard InChI is InChI=1S/C14H18FNO4/c1-10(2)16(8-7-14(18)19)13(17)9-20-12-5-3-11(15)4-6-12/h3-6,10H,7-9H2,1-2H3,(H,18,19). The number of carbonyl (C=O) groups is 2. The molecular weight excluding hydrogens is 265 g/mol. The lowest BCUT2D eigenvalue weighted by Crippen LogP contribution is -2.41.